The van der Waals surface area contributed by atoms with Crippen molar-refractivity contribution in [1.82, 2.24) is 0 Å². The summed E-state index contributed by atoms with van der Waals surface area (Å²) in [6, 6.07) is 0. The molecule has 0 aromatic carbocycles. The Morgan fingerprint density at radius 1 is 0.812 bits per heavy atom. The normalized spacial score (nSPS) is 14.4. The number of rotatable bonds is 11. The molecule has 0 aliphatic carbocycles. The second-order valence-electron chi connectivity index (χ2n) is 4.87. The Labute approximate surface area is 103 Å². The molecule has 0 fully saturated rings. The Bertz CT molecular complexity index is 169. The molecule has 0 amide bonds. The largest absolute Gasteiger partial charge is 0.103 e. The van der Waals surface area contributed by atoms with Crippen LogP contribution in [-0.2, 0) is 0 Å². The molecule has 94 valence electrons. The zero-order chi connectivity index (χ0) is 12.2. The van der Waals surface area contributed by atoms with Crippen molar-refractivity contribution < 1.29 is 0 Å². The molecule has 0 aliphatic rings. The summed E-state index contributed by atoms with van der Waals surface area (Å²) < 4.78 is 0. The smallest absolute Gasteiger partial charge is 0.0231 e. The van der Waals surface area contributed by atoms with E-state index in [-0.39, 0.29) is 0 Å². The van der Waals surface area contributed by atoms with Gasteiger partial charge < -0.3 is 0 Å². The molecule has 0 heteroatoms. The lowest BCUT2D eigenvalue weighted by atomic mass is 9.87. The Hall–Kier alpha value is -0.520. The van der Waals surface area contributed by atoms with Gasteiger partial charge in [0.05, 0.1) is 0 Å². The second-order valence-corrected chi connectivity index (χ2v) is 4.87. The molecule has 0 spiro atoms. The maximum atomic E-state index is 3.97. The van der Waals surface area contributed by atoms with Gasteiger partial charge in [-0.05, 0) is 31.1 Å². The van der Waals surface area contributed by atoms with Crippen LogP contribution in [0.4, 0.5) is 0 Å². The number of allylic oxidation sites excluding steroid dienone is 2. The van der Waals surface area contributed by atoms with Crippen LogP contribution in [0.15, 0.2) is 25.3 Å². The van der Waals surface area contributed by atoms with Gasteiger partial charge in [0.2, 0.25) is 0 Å². The van der Waals surface area contributed by atoms with Gasteiger partial charge in [0, 0.05) is 0 Å². The van der Waals surface area contributed by atoms with Crippen LogP contribution in [0.5, 0.6) is 0 Å². The third-order valence-corrected chi connectivity index (χ3v) is 3.38. The zero-order valence-corrected chi connectivity index (χ0v) is 11.4. The molecule has 0 saturated carbocycles. The summed E-state index contributed by atoms with van der Waals surface area (Å²) in [5, 5.41) is 0. The molecule has 16 heavy (non-hydrogen) atoms. The van der Waals surface area contributed by atoms with Gasteiger partial charge in [0.1, 0.15) is 0 Å². The van der Waals surface area contributed by atoms with E-state index in [0.29, 0.717) is 11.8 Å². The van der Waals surface area contributed by atoms with E-state index in [0.717, 1.165) is 0 Å². The highest BCUT2D eigenvalue weighted by Gasteiger charge is 2.10. The summed E-state index contributed by atoms with van der Waals surface area (Å²) in [5.74, 6) is 1.40. The fourth-order valence-corrected chi connectivity index (χ4v) is 2.18. The molecule has 0 nitrogen and oxygen atoms in total. The van der Waals surface area contributed by atoms with E-state index in [1.807, 2.05) is 0 Å². The monoisotopic (exact) mass is 222 g/mol. The molecule has 0 aromatic heterocycles. The first-order valence-electron chi connectivity index (χ1n) is 7.03. The zero-order valence-electron chi connectivity index (χ0n) is 11.4. The maximum Gasteiger partial charge on any atom is -0.0231 e. The van der Waals surface area contributed by atoms with Crippen molar-refractivity contribution in [2.75, 3.05) is 0 Å². The van der Waals surface area contributed by atoms with Gasteiger partial charge in [-0.25, -0.2) is 0 Å². The summed E-state index contributed by atoms with van der Waals surface area (Å²) in [6.07, 6.45) is 14.8. The first-order valence-corrected chi connectivity index (χ1v) is 7.03. The highest BCUT2D eigenvalue weighted by atomic mass is 14.2. The standard InChI is InChI=1S/C16H30/c1-5-9-11-13-16(8-4)14-15(7-3)12-10-6-2/h7-8,15-16H,3-6,9-14H2,1-2H3. The molecule has 0 rings (SSSR count). The predicted molar refractivity (Wildman–Crippen MR) is 75.7 cm³/mol. The quantitative estimate of drug-likeness (QED) is 0.308. The third kappa shape index (κ3) is 7.73. The lowest BCUT2D eigenvalue weighted by molar-refractivity contribution is 0.416. The fourth-order valence-electron chi connectivity index (χ4n) is 2.18. The first-order chi connectivity index (χ1) is 7.78. The summed E-state index contributed by atoms with van der Waals surface area (Å²) in [7, 11) is 0. The minimum Gasteiger partial charge on any atom is -0.103 e. The molecule has 0 radical (unpaired) electrons. The summed E-state index contributed by atoms with van der Waals surface area (Å²) in [4.78, 5) is 0. The van der Waals surface area contributed by atoms with Crippen LogP contribution in [0.2, 0.25) is 0 Å². The van der Waals surface area contributed by atoms with E-state index in [1.54, 1.807) is 0 Å². The molecule has 0 bridgehead atoms. The summed E-state index contributed by atoms with van der Waals surface area (Å²) in [5.41, 5.74) is 0. The van der Waals surface area contributed by atoms with E-state index in [1.165, 1.54) is 51.4 Å². The van der Waals surface area contributed by atoms with Crippen molar-refractivity contribution in [3.63, 3.8) is 0 Å². The van der Waals surface area contributed by atoms with Gasteiger partial charge >= 0.3 is 0 Å². The van der Waals surface area contributed by atoms with Crippen LogP contribution in [-0.4, -0.2) is 0 Å². The highest BCUT2D eigenvalue weighted by molar-refractivity contribution is 4.87. The Morgan fingerprint density at radius 3 is 1.75 bits per heavy atom. The molecular formula is C16H30. The van der Waals surface area contributed by atoms with Crippen LogP contribution in [0.1, 0.15) is 65.2 Å². The maximum absolute atomic E-state index is 3.97. The Morgan fingerprint density at radius 2 is 1.31 bits per heavy atom. The molecule has 0 saturated heterocycles. The molecule has 0 heterocycles. The van der Waals surface area contributed by atoms with Gasteiger partial charge in [0.25, 0.3) is 0 Å². The van der Waals surface area contributed by atoms with Gasteiger partial charge in [-0.15, -0.1) is 13.2 Å². The lowest BCUT2D eigenvalue weighted by Crippen LogP contribution is -2.05. The van der Waals surface area contributed by atoms with Gasteiger partial charge in [0.15, 0.2) is 0 Å². The first kappa shape index (κ1) is 15.5. The van der Waals surface area contributed by atoms with E-state index in [2.05, 4.69) is 39.2 Å². The van der Waals surface area contributed by atoms with Crippen molar-refractivity contribution in [1.29, 1.82) is 0 Å². The average molecular weight is 222 g/mol. The average Bonchev–Trinajstić information content (AvgIpc) is 2.32. The third-order valence-electron chi connectivity index (χ3n) is 3.38. The van der Waals surface area contributed by atoms with Crippen molar-refractivity contribution in [3.05, 3.63) is 25.3 Å². The minimum atomic E-state index is 0.699. The van der Waals surface area contributed by atoms with E-state index in [9.17, 15) is 0 Å². The van der Waals surface area contributed by atoms with Gasteiger partial charge in [-0.2, -0.15) is 0 Å². The van der Waals surface area contributed by atoms with E-state index < -0.39 is 0 Å². The van der Waals surface area contributed by atoms with Crippen LogP contribution >= 0.6 is 0 Å². The predicted octanol–water partition coefficient (Wildman–Crippen LogP) is 5.75. The molecular weight excluding hydrogens is 192 g/mol. The van der Waals surface area contributed by atoms with Gasteiger partial charge in [-0.1, -0.05) is 58.1 Å². The number of hydrogen-bond acceptors (Lipinski definition) is 0. The minimum absolute atomic E-state index is 0.699. The Balaban J connectivity index is 3.86. The van der Waals surface area contributed by atoms with Crippen molar-refractivity contribution in [3.8, 4) is 0 Å². The lowest BCUT2D eigenvalue weighted by Gasteiger charge is -2.18. The molecule has 0 N–H and O–H groups in total. The van der Waals surface area contributed by atoms with E-state index >= 15 is 0 Å². The summed E-state index contributed by atoms with van der Waals surface area (Å²) >= 11 is 0. The molecule has 0 aromatic rings. The van der Waals surface area contributed by atoms with Crippen molar-refractivity contribution in [2.24, 2.45) is 11.8 Å². The van der Waals surface area contributed by atoms with Gasteiger partial charge in [-0.3, -0.25) is 0 Å². The molecule has 2 atom stereocenters. The topological polar surface area (TPSA) is 0 Å². The summed E-state index contributed by atoms with van der Waals surface area (Å²) in [6.45, 7) is 12.5. The van der Waals surface area contributed by atoms with Crippen LogP contribution in [0.25, 0.3) is 0 Å². The van der Waals surface area contributed by atoms with E-state index in [4.69, 9.17) is 0 Å². The second kappa shape index (κ2) is 11.0. The fraction of sp³-hybridized carbons (Fsp3) is 0.750. The highest BCUT2D eigenvalue weighted by Crippen LogP contribution is 2.24. The SMILES string of the molecule is C=CC(CCCC)CC(C=C)CCCCC. The number of hydrogen-bond donors (Lipinski definition) is 0. The van der Waals surface area contributed by atoms with Crippen molar-refractivity contribution >= 4 is 0 Å². The number of unbranched alkanes of at least 4 members (excludes halogenated alkanes) is 3. The van der Waals surface area contributed by atoms with Crippen molar-refractivity contribution in [2.45, 2.75) is 65.2 Å². The molecule has 0 aliphatic heterocycles. The Kier molecular flexibility index (Phi) is 10.6. The van der Waals surface area contributed by atoms with Crippen LogP contribution < -0.4 is 0 Å². The molecule has 2 unspecified atom stereocenters. The van der Waals surface area contributed by atoms with Crippen LogP contribution in [0, 0.1) is 11.8 Å². The van der Waals surface area contributed by atoms with Crippen LogP contribution in [0.3, 0.4) is 0 Å².